The van der Waals surface area contributed by atoms with Gasteiger partial charge in [-0.05, 0) is 47.4 Å². The van der Waals surface area contributed by atoms with Gasteiger partial charge in [0, 0.05) is 29.0 Å². The summed E-state index contributed by atoms with van der Waals surface area (Å²) in [5.74, 6) is 1.14. The van der Waals surface area contributed by atoms with Gasteiger partial charge >= 0.3 is 0 Å². The predicted molar refractivity (Wildman–Crippen MR) is 140 cm³/mol. The first-order valence-electron chi connectivity index (χ1n) is 10.9. The summed E-state index contributed by atoms with van der Waals surface area (Å²) in [5, 5.41) is 6.33. The van der Waals surface area contributed by atoms with Crippen LogP contribution in [0.1, 0.15) is 25.3 Å². The van der Waals surface area contributed by atoms with Gasteiger partial charge in [0.15, 0.2) is 0 Å². The van der Waals surface area contributed by atoms with Gasteiger partial charge in [0.1, 0.15) is 17.0 Å². The van der Waals surface area contributed by atoms with Crippen LogP contribution in [-0.2, 0) is 10.0 Å². The van der Waals surface area contributed by atoms with Crippen molar-refractivity contribution in [2.24, 2.45) is 0 Å². The van der Waals surface area contributed by atoms with E-state index < -0.39 is 10.0 Å². The monoisotopic (exact) mass is 502 g/mol. The lowest BCUT2D eigenvalue weighted by atomic mass is 9.99. The standard InChI is InChI=1S/C25H22N6O2S2/c1-16(2)17-4-6-18(7-5-17)21-14-34-24-22(21)23(28-15-29-24)30-19-8-10-20(11-9-19)35(32,33)31-25-26-12-3-13-27-25/h3-16H,1-2H3,(H,26,27,31)(H,28,29,30). The summed E-state index contributed by atoms with van der Waals surface area (Å²) < 4.78 is 27.7. The van der Waals surface area contributed by atoms with E-state index in [1.165, 1.54) is 36.4 Å². The lowest BCUT2D eigenvalue weighted by Crippen LogP contribution is -2.14. The smallest absolute Gasteiger partial charge is 0.264 e. The van der Waals surface area contributed by atoms with Crippen LogP contribution >= 0.6 is 11.3 Å². The van der Waals surface area contributed by atoms with Gasteiger partial charge in [0.25, 0.3) is 10.0 Å². The number of benzene rings is 2. The molecule has 5 aromatic rings. The van der Waals surface area contributed by atoms with E-state index in [0.717, 1.165) is 21.3 Å². The van der Waals surface area contributed by atoms with Crippen LogP contribution in [0.5, 0.6) is 0 Å². The number of nitrogens with zero attached hydrogens (tertiary/aromatic N) is 4. The van der Waals surface area contributed by atoms with Crippen molar-refractivity contribution in [2.75, 3.05) is 10.0 Å². The average molecular weight is 503 g/mol. The van der Waals surface area contributed by atoms with Gasteiger partial charge in [-0.3, -0.25) is 0 Å². The maximum absolute atomic E-state index is 12.6. The maximum atomic E-state index is 12.6. The number of hydrogen-bond acceptors (Lipinski definition) is 8. The van der Waals surface area contributed by atoms with E-state index in [1.54, 1.807) is 29.5 Å². The maximum Gasteiger partial charge on any atom is 0.264 e. The zero-order valence-electron chi connectivity index (χ0n) is 19.0. The third-order valence-electron chi connectivity index (χ3n) is 5.48. The zero-order chi connectivity index (χ0) is 24.4. The first kappa shape index (κ1) is 22.9. The Balaban J connectivity index is 1.42. The van der Waals surface area contributed by atoms with Crippen molar-refractivity contribution in [3.05, 3.63) is 84.3 Å². The van der Waals surface area contributed by atoms with Crippen molar-refractivity contribution in [3.8, 4) is 11.1 Å². The Morgan fingerprint density at radius 1 is 0.886 bits per heavy atom. The first-order valence-corrected chi connectivity index (χ1v) is 13.3. The van der Waals surface area contributed by atoms with Crippen LogP contribution in [0.25, 0.3) is 21.3 Å². The molecule has 0 saturated heterocycles. The quantitative estimate of drug-likeness (QED) is 0.289. The molecule has 0 saturated carbocycles. The number of sulfonamides is 1. The van der Waals surface area contributed by atoms with E-state index in [-0.39, 0.29) is 10.8 Å². The molecule has 0 aliphatic carbocycles. The Morgan fingerprint density at radius 2 is 1.60 bits per heavy atom. The van der Waals surface area contributed by atoms with Gasteiger partial charge < -0.3 is 5.32 Å². The number of aromatic nitrogens is 4. The topological polar surface area (TPSA) is 110 Å². The highest BCUT2D eigenvalue weighted by Gasteiger charge is 2.17. The highest BCUT2D eigenvalue weighted by molar-refractivity contribution is 7.92. The summed E-state index contributed by atoms with van der Waals surface area (Å²) in [5.41, 5.74) is 4.13. The van der Waals surface area contributed by atoms with E-state index in [4.69, 9.17) is 0 Å². The van der Waals surface area contributed by atoms with Gasteiger partial charge in [-0.15, -0.1) is 11.3 Å². The first-order chi connectivity index (χ1) is 16.9. The number of thiophene rings is 1. The molecule has 0 aliphatic heterocycles. The van der Waals surface area contributed by atoms with Crippen LogP contribution in [0, 0.1) is 0 Å². The van der Waals surface area contributed by atoms with Crippen LogP contribution in [0.4, 0.5) is 17.5 Å². The minimum atomic E-state index is -3.81. The van der Waals surface area contributed by atoms with Crippen molar-refractivity contribution in [2.45, 2.75) is 24.7 Å². The minimum Gasteiger partial charge on any atom is -0.340 e. The molecule has 0 spiro atoms. The average Bonchev–Trinajstić information content (AvgIpc) is 3.30. The third kappa shape index (κ3) is 4.84. The summed E-state index contributed by atoms with van der Waals surface area (Å²) in [7, 11) is -3.81. The van der Waals surface area contributed by atoms with Crippen molar-refractivity contribution >= 4 is 49.0 Å². The molecule has 0 unspecified atom stereocenters. The van der Waals surface area contributed by atoms with Crippen molar-refractivity contribution < 1.29 is 8.42 Å². The molecule has 35 heavy (non-hydrogen) atoms. The van der Waals surface area contributed by atoms with Gasteiger partial charge in [-0.2, -0.15) is 0 Å². The summed E-state index contributed by atoms with van der Waals surface area (Å²) >= 11 is 1.56. The Kier molecular flexibility index (Phi) is 6.14. The number of fused-ring (bicyclic) bond motifs is 1. The highest BCUT2D eigenvalue weighted by Crippen LogP contribution is 2.37. The van der Waals surface area contributed by atoms with E-state index in [9.17, 15) is 8.42 Å². The number of hydrogen-bond donors (Lipinski definition) is 2. The summed E-state index contributed by atoms with van der Waals surface area (Å²) in [6.45, 7) is 4.35. The van der Waals surface area contributed by atoms with Gasteiger partial charge in [-0.1, -0.05) is 38.1 Å². The molecule has 0 radical (unpaired) electrons. The molecule has 10 heteroatoms. The summed E-state index contributed by atoms with van der Waals surface area (Å²) in [4.78, 5) is 17.7. The normalized spacial score (nSPS) is 11.6. The van der Waals surface area contributed by atoms with Crippen LogP contribution in [0.2, 0.25) is 0 Å². The fourth-order valence-electron chi connectivity index (χ4n) is 3.61. The minimum absolute atomic E-state index is 0.0180. The third-order valence-corrected chi connectivity index (χ3v) is 7.71. The predicted octanol–water partition coefficient (Wildman–Crippen LogP) is 5.82. The molecule has 176 valence electrons. The zero-order valence-corrected chi connectivity index (χ0v) is 20.6. The molecule has 0 aliphatic rings. The Bertz CT molecular complexity index is 1570. The van der Waals surface area contributed by atoms with E-state index in [0.29, 0.717) is 17.4 Å². The Hall–Kier alpha value is -3.89. The summed E-state index contributed by atoms with van der Waals surface area (Å²) in [6, 6.07) is 16.6. The molecule has 2 aromatic carbocycles. The molecule has 3 heterocycles. The number of rotatable bonds is 7. The Labute approximate surface area is 207 Å². The highest BCUT2D eigenvalue weighted by atomic mass is 32.2. The SMILES string of the molecule is CC(C)c1ccc(-c2csc3ncnc(Nc4ccc(S(=O)(=O)Nc5ncccn5)cc4)c23)cc1. The molecule has 0 fully saturated rings. The molecular formula is C25H22N6O2S2. The van der Waals surface area contributed by atoms with Crippen molar-refractivity contribution in [1.29, 1.82) is 0 Å². The lowest BCUT2D eigenvalue weighted by molar-refractivity contribution is 0.601. The van der Waals surface area contributed by atoms with Crippen molar-refractivity contribution in [1.82, 2.24) is 19.9 Å². The van der Waals surface area contributed by atoms with E-state index in [1.807, 2.05) is 0 Å². The molecule has 0 atom stereocenters. The summed E-state index contributed by atoms with van der Waals surface area (Å²) in [6.07, 6.45) is 4.46. The van der Waals surface area contributed by atoms with E-state index in [2.05, 4.69) is 73.5 Å². The molecule has 0 bridgehead atoms. The molecule has 2 N–H and O–H groups in total. The molecule has 8 nitrogen and oxygen atoms in total. The fraction of sp³-hybridized carbons (Fsp3) is 0.120. The van der Waals surface area contributed by atoms with Gasteiger partial charge in [0.05, 0.1) is 10.3 Å². The van der Waals surface area contributed by atoms with Crippen LogP contribution < -0.4 is 10.0 Å². The fourth-order valence-corrected chi connectivity index (χ4v) is 5.49. The van der Waals surface area contributed by atoms with Crippen LogP contribution in [0.15, 0.2) is 83.6 Å². The largest absolute Gasteiger partial charge is 0.340 e. The van der Waals surface area contributed by atoms with E-state index >= 15 is 0 Å². The molecule has 5 rings (SSSR count). The second kappa shape index (κ2) is 9.40. The van der Waals surface area contributed by atoms with Gasteiger partial charge in [0.2, 0.25) is 5.95 Å². The van der Waals surface area contributed by atoms with Crippen molar-refractivity contribution in [3.63, 3.8) is 0 Å². The molecule has 0 amide bonds. The second-order valence-electron chi connectivity index (χ2n) is 8.16. The van der Waals surface area contributed by atoms with Crippen LogP contribution in [0.3, 0.4) is 0 Å². The van der Waals surface area contributed by atoms with Crippen LogP contribution in [-0.4, -0.2) is 28.4 Å². The number of anilines is 3. The van der Waals surface area contributed by atoms with Gasteiger partial charge in [-0.25, -0.2) is 33.1 Å². The number of nitrogens with one attached hydrogen (secondary N) is 2. The lowest BCUT2D eigenvalue weighted by Gasteiger charge is -2.11. The second-order valence-corrected chi connectivity index (χ2v) is 10.7. The Morgan fingerprint density at radius 3 is 2.29 bits per heavy atom. The molecule has 3 aromatic heterocycles. The molecular weight excluding hydrogens is 480 g/mol.